The molecule has 1 atom stereocenters. The Hall–Kier alpha value is -1.06. The molecule has 0 aromatic heterocycles. The standard InChI is InChI=1S/C16H27NO2/c1-4-7-15(13-18-3)17-12-14-8-6-9-16(11-14)19-10-5-2/h6,8-9,11,15,17H,4-5,7,10,12-13H2,1-3H3. The van der Waals surface area contributed by atoms with Crippen molar-refractivity contribution in [2.24, 2.45) is 0 Å². The lowest BCUT2D eigenvalue weighted by atomic mass is 10.1. The van der Waals surface area contributed by atoms with Gasteiger partial charge < -0.3 is 14.8 Å². The maximum Gasteiger partial charge on any atom is 0.119 e. The van der Waals surface area contributed by atoms with Crippen LogP contribution in [-0.2, 0) is 11.3 Å². The van der Waals surface area contributed by atoms with Gasteiger partial charge in [0.25, 0.3) is 0 Å². The molecule has 0 radical (unpaired) electrons. The zero-order valence-corrected chi connectivity index (χ0v) is 12.4. The van der Waals surface area contributed by atoms with Crippen LogP contribution in [0.25, 0.3) is 0 Å². The number of ether oxygens (including phenoxy) is 2. The Morgan fingerprint density at radius 3 is 2.74 bits per heavy atom. The van der Waals surface area contributed by atoms with Crippen LogP contribution in [0.15, 0.2) is 24.3 Å². The first-order valence-corrected chi connectivity index (χ1v) is 7.24. The molecule has 0 saturated carbocycles. The summed E-state index contributed by atoms with van der Waals surface area (Å²) in [6, 6.07) is 8.72. The summed E-state index contributed by atoms with van der Waals surface area (Å²) in [4.78, 5) is 0. The fraction of sp³-hybridized carbons (Fsp3) is 0.625. The molecular weight excluding hydrogens is 238 g/mol. The van der Waals surface area contributed by atoms with Crippen molar-refractivity contribution in [3.05, 3.63) is 29.8 Å². The highest BCUT2D eigenvalue weighted by Crippen LogP contribution is 2.13. The van der Waals surface area contributed by atoms with E-state index in [-0.39, 0.29) is 0 Å². The molecule has 1 unspecified atom stereocenters. The van der Waals surface area contributed by atoms with Crippen molar-refractivity contribution in [3.63, 3.8) is 0 Å². The van der Waals surface area contributed by atoms with E-state index in [0.29, 0.717) is 6.04 Å². The van der Waals surface area contributed by atoms with E-state index in [4.69, 9.17) is 9.47 Å². The second kappa shape index (κ2) is 9.82. The lowest BCUT2D eigenvalue weighted by Crippen LogP contribution is -2.32. The van der Waals surface area contributed by atoms with Crippen LogP contribution in [0.4, 0.5) is 0 Å². The molecular formula is C16H27NO2. The Morgan fingerprint density at radius 2 is 2.05 bits per heavy atom. The monoisotopic (exact) mass is 265 g/mol. The zero-order chi connectivity index (χ0) is 13.9. The van der Waals surface area contributed by atoms with Gasteiger partial charge in [-0.05, 0) is 30.5 Å². The van der Waals surface area contributed by atoms with Gasteiger partial charge in [-0.15, -0.1) is 0 Å². The predicted octanol–water partition coefficient (Wildman–Crippen LogP) is 3.38. The van der Waals surface area contributed by atoms with Crippen molar-refractivity contribution < 1.29 is 9.47 Å². The summed E-state index contributed by atoms with van der Waals surface area (Å²) in [5.41, 5.74) is 1.26. The molecule has 0 heterocycles. The molecule has 0 amide bonds. The third-order valence-corrected chi connectivity index (χ3v) is 2.97. The van der Waals surface area contributed by atoms with Gasteiger partial charge in [-0.1, -0.05) is 32.4 Å². The van der Waals surface area contributed by atoms with Gasteiger partial charge in [-0.2, -0.15) is 0 Å². The van der Waals surface area contributed by atoms with Crippen LogP contribution < -0.4 is 10.1 Å². The summed E-state index contributed by atoms with van der Waals surface area (Å²) in [6.07, 6.45) is 3.34. The van der Waals surface area contributed by atoms with Crippen molar-refractivity contribution in [3.8, 4) is 5.75 Å². The fourth-order valence-corrected chi connectivity index (χ4v) is 2.02. The summed E-state index contributed by atoms with van der Waals surface area (Å²) in [6.45, 7) is 6.71. The molecule has 0 bridgehead atoms. The maximum absolute atomic E-state index is 5.65. The summed E-state index contributed by atoms with van der Waals surface area (Å²) in [5.74, 6) is 0.958. The molecule has 1 N–H and O–H groups in total. The van der Waals surface area contributed by atoms with E-state index in [0.717, 1.165) is 38.3 Å². The van der Waals surface area contributed by atoms with Crippen molar-refractivity contribution >= 4 is 0 Å². The van der Waals surface area contributed by atoms with Gasteiger partial charge in [0.15, 0.2) is 0 Å². The van der Waals surface area contributed by atoms with Gasteiger partial charge in [0.1, 0.15) is 5.75 Å². The highest BCUT2D eigenvalue weighted by Gasteiger charge is 2.06. The van der Waals surface area contributed by atoms with E-state index < -0.39 is 0 Å². The molecule has 0 spiro atoms. The summed E-state index contributed by atoms with van der Waals surface area (Å²) >= 11 is 0. The number of hydrogen-bond donors (Lipinski definition) is 1. The highest BCUT2D eigenvalue weighted by molar-refractivity contribution is 5.28. The van der Waals surface area contributed by atoms with Crippen LogP contribution in [0.2, 0.25) is 0 Å². The van der Waals surface area contributed by atoms with Gasteiger partial charge in [0, 0.05) is 19.7 Å². The largest absolute Gasteiger partial charge is 0.494 e. The third-order valence-electron chi connectivity index (χ3n) is 2.97. The number of benzene rings is 1. The first kappa shape index (κ1) is 16.0. The van der Waals surface area contributed by atoms with E-state index in [9.17, 15) is 0 Å². The van der Waals surface area contributed by atoms with Crippen LogP contribution in [-0.4, -0.2) is 26.4 Å². The van der Waals surface area contributed by atoms with Gasteiger partial charge >= 0.3 is 0 Å². The molecule has 19 heavy (non-hydrogen) atoms. The first-order valence-electron chi connectivity index (χ1n) is 7.24. The van der Waals surface area contributed by atoms with E-state index >= 15 is 0 Å². The number of nitrogens with one attached hydrogen (secondary N) is 1. The van der Waals surface area contributed by atoms with Crippen LogP contribution in [0.1, 0.15) is 38.7 Å². The van der Waals surface area contributed by atoms with E-state index in [1.54, 1.807) is 7.11 Å². The maximum atomic E-state index is 5.65. The zero-order valence-electron chi connectivity index (χ0n) is 12.4. The van der Waals surface area contributed by atoms with Crippen molar-refractivity contribution in [2.75, 3.05) is 20.3 Å². The Morgan fingerprint density at radius 1 is 1.21 bits per heavy atom. The minimum Gasteiger partial charge on any atom is -0.494 e. The second-order valence-corrected chi connectivity index (χ2v) is 4.82. The molecule has 1 aromatic carbocycles. The molecule has 1 rings (SSSR count). The Balaban J connectivity index is 2.46. The van der Waals surface area contributed by atoms with Crippen molar-refractivity contribution in [1.29, 1.82) is 0 Å². The summed E-state index contributed by atoms with van der Waals surface area (Å²) < 4.78 is 10.9. The topological polar surface area (TPSA) is 30.5 Å². The van der Waals surface area contributed by atoms with Gasteiger partial charge in [0.05, 0.1) is 13.2 Å². The van der Waals surface area contributed by atoms with E-state index in [1.165, 1.54) is 12.0 Å². The lowest BCUT2D eigenvalue weighted by Gasteiger charge is -2.17. The van der Waals surface area contributed by atoms with Crippen molar-refractivity contribution in [1.82, 2.24) is 5.32 Å². The quantitative estimate of drug-likeness (QED) is 0.703. The molecule has 3 heteroatoms. The minimum absolute atomic E-state index is 0.426. The Kier molecular flexibility index (Phi) is 8.26. The first-order chi connectivity index (χ1) is 9.30. The number of methoxy groups -OCH3 is 1. The second-order valence-electron chi connectivity index (χ2n) is 4.82. The molecule has 0 saturated heterocycles. The Labute approximate surface area is 117 Å². The van der Waals surface area contributed by atoms with Gasteiger partial charge in [-0.25, -0.2) is 0 Å². The molecule has 1 aromatic rings. The average molecular weight is 265 g/mol. The average Bonchev–Trinajstić information content (AvgIpc) is 2.43. The van der Waals surface area contributed by atoms with E-state index in [1.807, 2.05) is 12.1 Å². The fourth-order valence-electron chi connectivity index (χ4n) is 2.02. The number of hydrogen-bond acceptors (Lipinski definition) is 3. The van der Waals surface area contributed by atoms with E-state index in [2.05, 4.69) is 31.3 Å². The molecule has 3 nitrogen and oxygen atoms in total. The molecule has 0 fully saturated rings. The van der Waals surface area contributed by atoms with Crippen molar-refractivity contribution in [2.45, 2.75) is 45.7 Å². The molecule has 108 valence electrons. The predicted molar refractivity (Wildman–Crippen MR) is 79.6 cm³/mol. The SMILES string of the molecule is CCCOc1cccc(CNC(CCC)COC)c1. The van der Waals surface area contributed by atoms with Crippen LogP contribution in [0.5, 0.6) is 5.75 Å². The smallest absolute Gasteiger partial charge is 0.119 e. The van der Waals surface area contributed by atoms with Gasteiger partial charge in [0.2, 0.25) is 0 Å². The normalized spacial score (nSPS) is 12.4. The summed E-state index contributed by atoms with van der Waals surface area (Å²) in [7, 11) is 1.75. The minimum atomic E-state index is 0.426. The molecule has 0 aliphatic rings. The highest BCUT2D eigenvalue weighted by atomic mass is 16.5. The van der Waals surface area contributed by atoms with Gasteiger partial charge in [-0.3, -0.25) is 0 Å². The Bertz CT molecular complexity index is 335. The third kappa shape index (κ3) is 6.60. The van der Waals surface area contributed by atoms with Crippen LogP contribution in [0, 0.1) is 0 Å². The van der Waals surface area contributed by atoms with Crippen LogP contribution >= 0.6 is 0 Å². The molecule has 0 aliphatic carbocycles. The molecule has 0 aliphatic heterocycles. The lowest BCUT2D eigenvalue weighted by molar-refractivity contribution is 0.161. The number of rotatable bonds is 10. The van der Waals surface area contributed by atoms with Crippen LogP contribution in [0.3, 0.4) is 0 Å². The summed E-state index contributed by atoms with van der Waals surface area (Å²) in [5, 5.41) is 3.54.